The number of benzene rings is 3. The molecular formula is C30H33Cl3N2O3. The molecule has 8 heteroatoms. The minimum absolute atomic E-state index is 0.119. The van der Waals surface area contributed by atoms with Crippen LogP contribution in [0.25, 0.3) is 0 Å². The first kappa shape index (κ1) is 29.8. The van der Waals surface area contributed by atoms with Crippen LogP contribution < -0.4 is 10.1 Å². The van der Waals surface area contributed by atoms with Gasteiger partial charge in [-0.3, -0.25) is 9.59 Å². The van der Waals surface area contributed by atoms with E-state index >= 15 is 0 Å². The van der Waals surface area contributed by atoms with Gasteiger partial charge in [-0.15, -0.1) is 0 Å². The van der Waals surface area contributed by atoms with Gasteiger partial charge in [0.2, 0.25) is 11.8 Å². The van der Waals surface area contributed by atoms with E-state index in [1.807, 2.05) is 30.3 Å². The maximum absolute atomic E-state index is 13.7. The van der Waals surface area contributed by atoms with Gasteiger partial charge in [0.1, 0.15) is 11.8 Å². The molecule has 1 atom stereocenters. The van der Waals surface area contributed by atoms with Crippen molar-refractivity contribution >= 4 is 46.6 Å². The average molecular weight is 576 g/mol. The molecule has 1 N–H and O–H groups in total. The quantitative estimate of drug-likeness (QED) is 0.204. The van der Waals surface area contributed by atoms with E-state index in [1.54, 1.807) is 47.4 Å². The molecule has 0 fully saturated rings. The molecule has 0 aromatic heterocycles. The standard InChI is InChI=1S/C30H33Cl3N2O3/c1-2-3-18-34-30(37)28(20-22-9-5-4-6-10-22)35(21-25-26(32)11-7-12-27(25)33)29(36)13-8-19-38-24-16-14-23(31)15-17-24/h4-7,9-12,14-17,28H,2-3,8,13,18-21H2,1H3,(H,34,37)/t28-/m1/s1. The third-order valence-corrected chi connectivity index (χ3v) is 7.07. The highest BCUT2D eigenvalue weighted by atomic mass is 35.5. The summed E-state index contributed by atoms with van der Waals surface area (Å²) in [6, 6.07) is 21.3. The molecular weight excluding hydrogens is 543 g/mol. The zero-order valence-electron chi connectivity index (χ0n) is 21.5. The summed E-state index contributed by atoms with van der Waals surface area (Å²) >= 11 is 18.9. The van der Waals surface area contributed by atoms with Crippen molar-refractivity contribution < 1.29 is 14.3 Å². The van der Waals surface area contributed by atoms with E-state index < -0.39 is 6.04 Å². The van der Waals surface area contributed by atoms with E-state index in [0.717, 1.165) is 18.4 Å². The van der Waals surface area contributed by atoms with Gasteiger partial charge < -0.3 is 15.0 Å². The van der Waals surface area contributed by atoms with Crippen molar-refractivity contribution in [3.05, 3.63) is 99.0 Å². The summed E-state index contributed by atoms with van der Waals surface area (Å²) in [6.45, 7) is 3.08. The zero-order valence-corrected chi connectivity index (χ0v) is 23.7. The first-order chi connectivity index (χ1) is 18.4. The van der Waals surface area contributed by atoms with E-state index in [4.69, 9.17) is 39.5 Å². The fourth-order valence-corrected chi connectivity index (χ4v) is 4.64. The second kappa shape index (κ2) is 15.6. The summed E-state index contributed by atoms with van der Waals surface area (Å²) in [6.07, 6.45) is 2.85. The Morgan fingerprint density at radius 2 is 1.58 bits per heavy atom. The predicted molar refractivity (Wildman–Crippen MR) is 155 cm³/mol. The van der Waals surface area contributed by atoms with Gasteiger partial charge in [0.05, 0.1) is 6.61 Å². The van der Waals surface area contributed by atoms with Gasteiger partial charge in [-0.2, -0.15) is 0 Å². The molecule has 5 nitrogen and oxygen atoms in total. The molecule has 0 saturated carbocycles. The summed E-state index contributed by atoms with van der Waals surface area (Å²) in [5, 5.41) is 4.54. The third-order valence-electron chi connectivity index (χ3n) is 6.11. The van der Waals surface area contributed by atoms with Gasteiger partial charge in [-0.1, -0.05) is 84.5 Å². The number of hydrogen-bond acceptors (Lipinski definition) is 3. The van der Waals surface area contributed by atoms with Crippen LogP contribution in [-0.4, -0.2) is 35.9 Å². The predicted octanol–water partition coefficient (Wildman–Crippen LogP) is 7.36. The molecule has 0 saturated heterocycles. The molecule has 3 rings (SSSR count). The van der Waals surface area contributed by atoms with Crippen LogP contribution in [0.3, 0.4) is 0 Å². The number of nitrogens with one attached hydrogen (secondary N) is 1. The minimum atomic E-state index is -0.730. The Morgan fingerprint density at radius 1 is 0.895 bits per heavy atom. The highest BCUT2D eigenvalue weighted by molar-refractivity contribution is 6.36. The van der Waals surface area contributed by atoms with E-state index in [0.29, 0.717) is 52.4 Å². The summed E-state index contributed by atoms with van der Waals surface area (Å²) in [7, 11) is 0. The van der Waals surface area contributed by atoms with Crippen LogP contribution in [0, 0.1) is 0 Å². The van der Waals surface area contributed by atoms with Crippen LogP contribution >= 0.6 is 34.8 Å². The van der Waals surface area contributed by atoms with Gasteiger partial charge in [0, 0.05) is 46.6 Å². The summed E-state index contributed by atoms with van der Waals surface area (Å²) < 4.78 is 5.77. The molecule has 2 amide bonds. The number of rotatable bonds is 14. The molecule has 0 aliphatic carbocycles. The third kappa shape index (κ3) is 9.23. The lowest BCUT2D eigenvalue weighted by atomic mass is 10.0. The van der Waals surface area contributed by atoms with Crippen LogP contribution in [0.1, 0.15) is 43.7 Å². The SMILES string of the molecule is CCCCNC(=O)[C@@H](Cc1ccccc1)N(Cc1c(Cl)cccc1Cl)C(=O)CCCOc1ccc(Cl)cc1. The summed E-state index contributed by atoms with van der Waals surface area (Å²) in [4.78, 5) is 28.7. The van der Waals surface area contributed by atoms with Gasteiger partial charge in [0.25, 0.3) is 0 Å². The number of ether oxygens (including phenoxy) is 1. The van der Waals surface area contributed by atoms with Gasteiger partial charge in [-0.05, 0) is 54.8 Å². The lowest BCUT2D eigenvalue weighted by Crippen LogP contribution is -2.50. The molecule has 0 unspecified atom stereocenters. The molecule has 3 aromatic carbocycles. The number of hydrogen-bond donors (Lipinski definition) is 1. The fraction of sp³-hybridized carbons (Fsp3) is 0.333. The van der Waals surface area contributed by atoms with Gasteiger partial charge >= 0.3 is 0 Å². The first-order valence-electron chi connectivity index (χ1n) is 12.8. The molecule has 0 aliphatic heterocycles. The molecule has 3 aromatic rings. The molecule has 38 heavy (non-hydrogen) atoms. The van der Waals surface area contributed by atoms with Crippen LogP contribution in [-0.2, 0) is 22.6 Å². The second-order valence-electron chi connectivity index (χ2n) is 8.98. The molecule has 0 bridgehead atoms. The number of carbonyl (C=O) groups excluding carboxylic acids is 2. The molecule has 0 heterocycles. The Hall–Kier alpha value is -2.73. The monoisotopic (exact) mass is 574 g/mol. The number of unbranched alkanes of at least 4 members (excludes halogenated alkanes) is 1. The zero-order chi connectivity index (χ0) is 27.3. The van der Waals surface area contributed by atoms with Crippen molar-refractivity contribution in [2.24, 2.45) is 0 Å². The topological polar surface area (TPSA) is 58.6 Å². The van der Waals surface area contributed by atoms with Crippen LogP contribution in [0.2, 0.25) is 15.1 Å². The highest BCUT2D eigenvalue weighted by Gasteiger charge is 2.31. The lowest BCUT2D eigenvalue weighted by molar-refractivity contribution is -0.141. The number of carbonyl (C=O) groups is 2. The Morgan fingerprint density at radius 3 is 2.24 bits per heavy atom. The fourth-order valence-electron chi connectivity index (χ4n) is 4.00. The van der Waals surface area contributed by atoms with Crippen LogP contribution in [0.4, 0.5) is 0 Å². The van der Waals surface area contributed by atoms with Crippen molar-refractivity contribution in [2.45, 2.75) is 51.6 Å². The highest BCUT2D eigenvalue weighted by Crippen LogP contribution is 2.27. The number of nitrogens with zero attached hydrogens (tertiary/aromatic N) is 1. The van der Waals surface area contributed by atoms with Crippen molar-refractivity contribution in [2.75, 3.05) is 13.2 Å². The Labute approximate surface area is 240 Å². The van der Waals surface area contributed by atoms with E-state index in [2.05, 4.69) is 12.2 Å². The second-order valence-corrected chi connectivity index (χ2v) is 10.2. The van der Waals surface area contributed by atoms with Crippen LogP contribution in [0.15, 0.2) is 72.8 Å². The molecule has 0 spiro atoms. The normalized spacial score (nSPS) is 11.6. The number of halogens is 3. The smallest absolute Gasteiger partial charge is 0.243 e. The number of amides is 2. The van der Waals surface area contributed by atoms with E-state index in [9.17, 15) is 9.59 Å². The van der Waals surface area contributed by atoms with Crippen LogP contribution in [0.5, 0.6) is 5.75 Å². The Balaban J connectivity index is 1.82. The average Bonchev–Trinajstić information content (AvgIpc) is 2.91. The van der Waals surface area contributed by atoms with Gasteiger partial charge in [0.15, 0.2) is 0 Å². The van der Waals surface area contributed by atoms with E-state index in [-0.39, 0.29) is 24.8 Å². The Bertz CT molecular complexity index is 1150. The van der Waals surface area contributed by atoms with Crippen molar-refractivity contribution in [1.82, 2.24) is 10.2 Å². The van der Waals surface area contributed by atoms with E-state index in [1.165, 1.54) is 0 Å². The van der Waals surface area contributed by atoms with Crippen molar-refractivity contribution in [3.8, 4) is 5.75 Å². The Kier molecular flexibility index (Phi) is 12.3. The minimum Gasteiger partial charge on any atom is -0.494 e. The lowest BCUT2D eigenvalue weighted by Gasteiger charge is -2.32. The van der Waals surface area contributed by atoms with Crippen molar-refractivity contribution in [1.29, 1.82) is 0 Å². The maximum Gasteiger partial charge on any atom is 0.243 e. The van der Waals surface area contributed by atoms with Crippen molar-refractivity contribution in [3.63, 3.8) is 0 Å². The maximum atomic E-state index is 13.7. The molecule has 0 radical (unpaired) electrons. The van der Waals surface area contributed by atoms with Gasteiger partial charge in [-0.25, -0.2) is 0 Å². The molecule has 0 aliphatic rings. The summed E-state index contributed by atoms with van der Waals surface area (Å²) in [5.74, 6) is 0.308. The summed E-state index contributed by atoms with van der Waals surface area (Å²) in [5.41, 5.74) is 1.57. The first-order valence-corrected chi connectivity index (χ1v) is 13.9. The largest absolute Gasteiger partial charge is 0.494 e. The molecule has 202 valence electrons.